The summed E-state index contributed by atoms with van der Waals surface area (Å²) in [4.78, 5) is 4.40. The summed E-state index contributed by atoms with van der Waals surface area (Å²) < 4.78 is 3.64. The van der Waals surface area contributed by atoms with Crippen LogP contribution in [0.5, 0.6) is 0 Å². The minimum atomic E-state index is -1.71. The number of halogens is 3. The number of aliphatic imine (C=N–C) groups is 1. The molecule has 0 bridgehead atoms. The highest BCUT2D eigenvalue weighted by atomic mass is 35.6. The van der Waals surface area contributed by atoms with Crippen LogP contribution in [0.25, 0.3) is 0 Å². The molecule has 0 fully saturated rings. The van der Waals surface area contributed by atoms with E-state index in [2.05, 4.69) is 15.6 Å². The predicted octanol–water partition coefficient (Wildman–Crippen LogP) is 4.35. The van der Waals surface area contributed by atoms with Crippen LogP contribution >= 0.6 is 47.0 Å². The number of rotatable bonds is 3. The maximum Gasteiger partial charge on any atom is 0.230 e. The van der Waals surface area contributed by atoms with Crippen LogP contribution < -0.4 is 10.6 Å². The van der Waals surface area contributed by atoms with Crippen LogP contribution in [-0.2, 0) is 4.74 Å². The van der Waals surface area contributed by atoms with Crippen molar-refractivity contribution in [3.05, 3.63) is 35.4 Å². The number of hydrogen-bond donors (Lipinski definition) is 2. The van der Waals surface area contributed by atoms with Crippen molar-refractivity contribution in [2.75, 3.05) is 7.11 Å². The molecule has 0 heterocycles. The maximum absolute atomic E-state index is 6.05. The fraction of sp³-hybridized carbons (Fsp3) is 0.500. The van der Waals surface area contributed by atoms with Crippen LogP contribution in [0.1, 0.15) is 31.9 Å². The lowest BCUT2D eigenvalue weighted by Crippen LogP contribution is -2.52. The van der Waals surface area contributed by atoms with Crippen molar-refractivity contribution in [1.29, 1.82) is 0 Å². The first kappa shape index (κ1) is 21.3. The van der Waals surface area contributed by atoms with Crippen molar-refractivity contribution in [1.82, 2.24) is 10.6 Å². The molecule has 24 heavy (non-hydrogen) atoms. The lowest BCUT2D eigenvalue weighted by atomic mass is 10.1. The Labute approximate surface area is 163 Å². The molecule has 1 aromatic rings. The van der Waals surface area contributed by atoms with Crippen LogP contribution in [0.4, 0.5) is 0 Å². The minimum absolute atomic E-state index is 0.229. The second-order valence-corrected chi connectivity index (χ2v) is 9.07. The molecule has 4 nitrogen and oxygen atoms in total. The van der Waals surface area contributed by atoms with Crippen molar-refractivity contribution in [2.24, 2.45) is 4.99 Å². The fourth-order valence-electron chi connectivity index (χ4n) is 1.75. The smallest absolute Gasteiger partial charge is 0.230 e. The van der Waals surface area contributed by atoms with E-state index in [4.69, 9.17) is 51.8 Å². The van der Waals surface area contributed by atoms with Crippen molar-refractivity contribution in [2.45, 2.75) is 43.2 Å². The van der Waals surface area contributed by atoms with Crippen molar-refractivity contribution >= 4 is 58.0 Å². The van der Waals surface area contributed by atoms with Crippen LogP contribution in [0.15, 0.2) is 29.3 Å². The fourth-order valence-corrected chi connectivity index (χ4v) is 2.47. The van der Waals surface area contributed by atoms with Gasteiger partial charge in [0.1, 0.15) is 0 Å². The molecule has 2 N–H and O–H groups in total. The van der Waals surface area contributed by atoms with Gasteiger partial charge in [-0.3, -0.25) is 0 Å². The third-order valence-corrected chi connectivity index (χ3v) is 3.64. The largest absolute Gasteiger partial charge is 0.481 e. The molecule has 0 aliphatic rings. The Balaban J connectivity index is 3.06. The van der Waals surface area contributed by atoms with E-state index in [1.165, 1.54) is 7.11 Å². The lowest BCUT2D eigenvalue weighted by Gasteiger charge is -2.28. The zero-order valence-corrected chi connectivity index (χ0v) is 17.4. The van der Waals surface area contributed by atoms with Crippen molar-refractivity contribution in [3.63, 3.8) is 0 Å². The molecule has 0 saturated carbocycles. The first-order valence-electron chi connectivity index (χ1n) is 7.26. The van der Waals surface area contributed by atoms with Gasteiger partial charge >= 0.3 is 0 Å². The molecule has 0 aliphatic heterocycles. The van der Waals surface area contributed by atoms with Gasteiger partial charge in [-0.15, -0.1) is 0 Å². The van der Waals surface area contributed by atoms with Gasteiger partial charge in [0.2, 0.25) is 9.69 Å². The molecule has 1 aromatic carbocycles. The highest BCUT2D eigenvalue weighted by Crippen LogP contribution is 2.31. The number of nitrogens with one attached hydrogen (secondary N) is 2. The molecule has 0 radical (unpaired) electrons. The summed E-state index contributed by atoms with van der Waals surface area (Å²) in [6.07, 6.45) is -0.916. The number of nitrogens with zero attached hydrogens (tertiary/aromatic N) is 1. The van der Waals surface area contributed by atoms with Gasteiger partial charge in [0.15, 0.2) is 11.3 Å². The van der Waals surface area contributed by atoms with Gasteiger partial charge in [-0.1, -0.05) is 52.5 Å². The SMILES string of the molecule is CO/C(=N\C(NC(=S)NC(C)(C)C)C(Cl)(Cl)Cl)c1ccc(C)cc1. The molecule has 1 rings (SSSR count). The molecular weight excluding hydrogens is 389 g/mol. The Morgan fingerprint density at radius 3 is 2.12 bits per heavy atom. The van der Waals surface area contributed by atoms with E-state index in [9.17, 15) is 0 Å². The number of alkyl halides is 3. The van der Waals surface area contributed by atoms with Crippen molar-refractivity contribution < 1.29 is 4.74 Å². The van der Waals surface area contributed by atoms with E-state index in [1.807, 2.05) is 52.0 Å². The summed E-state index contributed by atoms with van der Waals surface area (Å²) in [5.74, 6) is 0.345. The van der Waals surface area contributed by atoms with E-state index in [0.29, 0.717) is 11.0 Å². The average molecular weight is 411 g/mol. The summed E-state index contributed by atoms with van der Waals surface area (Å²) in [6, 6.07) is 7.68. The topological polar surface area (TPSA) is 45.6 Å². The van der Waals surface area contributed by atoms with Gasteiger partial charge in [-0.25, -0.2) is 4.99 Å². The quantitative estimate of drug-likeness (QED) is 0.337. The van der Waals surface area contributed by atoms with Crippen molar-refractivity contribution in [3.8, 4) is 0 Å². The van der Waals surface area contributed by atoms with E-state index in [0.717, 1.165) is 11.1 Å². The zero-order valence-electron chi connectivity index (χ0n) is 14.3. The van der Waals surface area contributed by atoms with Crippen LogP contribution in [0.3, 0.4) is 0 Å². The third kappa shape index (κ3) is 7.43. The van der Waals surface area contributed by atoms with Gasteiger partial charge in [0, 0.05) is 11.1 Å². The predicted molar refractivity (Wildman–Crippen MR) is 107 cm³/mol. The van der Waals surface area contributed by atoms with E-state index in [1.54, 1.807) is 0 Å². The standard InChI is InChI=1S/C16H22Cl3N3OS/c1-10-6-8-11(9-7-10)12(23-5)20-13(16(17,18)19)21-14(24)22-15(2,3)4/h6-9,13H,1-5H3,(H2,21,22,24)/b20-12-. The molecule has 0 saturated heterocycles. The van der Waals surface area contributed by atoms with Gasteiger partial charge in [-0.2, -0.15) is 0 Å². The highest BCUT2D eigenvalue weighted by molar-refractivity contribution is 7.80. The Morgan fingerprint density at radius 1 is 1.17 bits per heavy atom. The Bertz CT molecular complexity index is 592. The van der Waals surface area contributed by atoms with Crippen LogP contribution in [-0.4, -0.2) is 33.6 Å². The number of ether oxygens (including phenoxy) is 1. The van der Waals surface area contributed by atoms with Gasteiger partial charge in [-0.05, 0) is 52.0 Å². The summed E-state index contributed by atoms with van der Waals surface area (Å²) in [5, 5.41) is 6.35. The number of methoxy groups -OCH3 is 1. The normalized spacial score (nSPS) is 14.1. The second-order valence-electron chi connectivity index (χ2n) is 6.30. The first-order chi connectivity index (χ1) is 10.9. The van der Waals surface area contributed by atoms with Gasteiger partial charge in [0.05, 0.1) is 7.11 Å². The molecule has 8 heteroatoms. The van der Waals surface area contributed by atoms with E-state index < -0.39 is 9.96 Å². The summed E-state index contributed by atoms with van der Waals surface area (Å²) >= 11 is 23.4. The summed E-state index contributed by atoms with van der Waals surface area (Å²) in [5.41, 5.74) is 1.67. The highest BCUT2D eigenvalue weighted by Gasteiger charge is 2.34. The number of thiocarbonyl (C=S) groups is 1. The monoisotopic (exact) mass is 409 g/mol. The van der Waals surface area contributed by atoms with Gasteiger partial charge < -0.3 is 15.4 Å². The summed E-state index contributed by atoms with van der Waals surface area (Å²) in [6.45, 7) is 7.92. The average Bonchev–Trinajstić information content (AvgIpc) is 2.41. The van der Waals surface area contributed by atoms with Crippen LogP contribution in [0.2, 0.25) is 0 Å². The lowest BCUT2D eigenvalue weighted by molar-refractivity contribution is 0.397. The molecule has 0 amide bonds. The molecule has 134 valence electrons. The number of aryl methyl sites for hydroxylation is 1. The molecule has 1 atom stereocenters. The Kier molecular flexibility index (Phi) is 7.60. The number of hydrogen-bond acceptors (Lipinski definition) is 3. The molecule has 0 aliphatic carbocycles. The molecule has 0 spiro atoms. The molecular formula is C16H22Cl3N3OS. The Hall–Kier alpha value is -0.750. The first-order valence-corrected chi connectivity index (χ1v) is 8.81. The molecule has 1 unspecified atom stereocenters. The maximum atomic E-state index is 6.05. The van der Waals surface area contributed by atoms with E-state index in [-0.39, 0.29) is 5.54 Å². The number of benzene rings is 1. The second kappa shape index (κ2) is 8.56. The van der Waals surface area contributed by atoms with E-state index >= 15 is 0 Å². The Morgan fingerprint density at radius 2 is 1.71 bits per heavy atom. The third-order valence-electron chi connectivity index (χ3n) is 2.80. The summed E-state index contributed by atoms with van der Waals surface area (Å²) in [7, 11) is 1.51. The van der Waals surface area contributed by atoms with Gasteiger partial charge in [0.25, 0.3) is 0 Å². The zero-order chi connectivity index (χ0) is 18.5. The molecule has 0 aromatic heterocycles. The van der Waals surface area contributed by atoms with Crippen LogP contribution in [0, 0.1) is 6.92 Å². The minimum Gasteiger partial charge on any atom is -0.481 e.